The molecule has 1 aromatic carbocycles. The van der Waals surface area contributed by atoms with Crippen LogP contribution in [0.3, 0.4) is 0 Å². The molecular weight excluding hydrogens is 316 g/mol. The summed E-state index contributed by atoms with van der Waals surface area (Å²) in [5.41, 5.74) is 7.26. The van der Waals surface area contributed by atoms with E-state index in [0.29, 0.717) is 5.88 Å². The molecule has 1 aromatic heterocycles. The first-order chi connectivity index (χ1) is 12.0. The van der Waals surface area contributed by atoms with Gasteiger partial charge in [0.2, 0.25) is 11.8 Å². The number of primary amides is 1. The van der Waals surface area contributed by atoms with Gasteiger partial charge in [0, 0.05) is 24.2 Å². The van der Waals surface area contributed by atoms with E-state index in [9.17, 15) is 4.79 Å². The molecule has 1 atom stereocenters. The van der Waals surface area contributed by atoms with Gasteiger partial charge in [-0.1, -0.05) is 18.2 Å². The molecule has 3 rings (SSSR count). The van der Waals surface area contributed by atoms with Crippen molar-refractivity contribution in [3.05, 3.63) is 47.4 Å². The highest BCUT2D eigenvalue weighted by Crippen LogP contribution is 2.28. The molecule has 1 unspecified atom stereocenters. The van der Waals surface area contributed by atoms with Gasteiger partial charge in [-0.15, -0.1) is 0 Å². The van der Waals surface area contributed by atoms with Crippen LogP contribution in [0.2, 0.25) is 0 Å². The normalized spacial score (nSPS) is 18.1. The standard InChI is InChI=1S/C19H24N4O2/c1-13-6-3-4-8-16(13)25-18-10-14(2)21-19(22-18)15-7-5-9-23(11-15)12-17(20)24/h3-4,6,8,10,15H,5,7,9,11-12H2,1-2H3,(H2,20,24). The summed E-state index contributed by atoms with van der Waals surface area (Å²) in [6, 6.07) is 9.71. The van der Waals surface area contributed by atoms with E-state index >= 15 is 0 Å². The van der Waals surface area contributed by atoms with E-state index in [2.05, 4.69) is 14.9 Å². The van der Waals surface area contributed by atoms with E-state index in [0.717, 1.165) is 48.8 Å². The molecule has 1 aliphatic rings. The van der Waals surface area contributed by atoms with Crippen LogP contribution >= 0.6 is 0 Å². The zero-order valence-corrected chi connectivity index (χ0v) is 14.7. The van der Waals surface area contributed by atoms with Crippen LogP contribution in [0, 0.1) is 13.8 Å². The first-order valence-corrected chi connectivity index (χ1v) is 8.61. The first-order valence-electron chi connectivity index (χ1n) is 8.61. The van der Waals surface area contributed by atoms with E-state index in [1.54, 1.807) is 0 Å². The van der Waals surface area contributed by atoms with Crippen molar-refractivity contribution in [2.75, 3.05) is 19.6 Å². The fourth-order valence-corrected chi connectivity index (χ4v) is 3.21. The van der Waals surface area contributed by atoms with Crippen LogP contribution < -0.4 is 10.5 Å². The number of hydrogen-bond donors (Lipinski definition) is 1. The number of carbonyl (C=O) groups excluding carboxylic acids is 1. The number of likely N-dealkylation sites (tertiary alicyclic amines) is 1. The number of rotatable bonds is 5. The molecule has 0 aliphatic carbocycles. The molecule has 2 N–H and O–H groups in total. The van der Waals surface area contributed by atoms with Gasteiger partial charge >= 0.3 is 0 Å². The fourth-order valence-electron chi connectivity index (χ4n) is 3.21. The van der Waals surface area contributed by atoms with Gasteiger partial charge in [-0.2, -0.15) is 4.98 Å². The molecule has 1 saturated heterocycles. The SMILES string of the molecule is Cc1cc(Oc2ccccc2C)nc(C2CCCN(CC(N)=O)C2)n1. The zero-order chi connectivity index (χ0) is 17.8. The lowest BCUT2D eigenvalue weighted by Crippen LogP contribution is -2.40. The van der Waals surface area contributed by atoms with Crippen LogP contribution in [-0.4, -0.2) is 40.4 Å². The highest BCUT2D eigenvalue weighted by Gasteiger charge is 2.25. The number of carbonyl (C=O) groups is 1. The predicted octanol–water partition coefficient (Wildman–Crippen LogP) is 2.55. The van der Waals surface area contributed by atoms with Crippen molar-refractivity contribution in [1.29, 1.82) is 0 Å². The third-order valence-corrected chi connectivity index (χ3v) is 4.41. The van der Waals surface area contributed by atoms with Crippen molar-refractivity contribution in [3.63, 3.8) is 0 Å². The number of ether oxygens (including phenoxy) is 1. The van der Waals surface area contributed by atoms with Crippen LogP contribution in [0.25, 0.3) is 0 Å². The molecule has 0 saturated carbocycles. The van der Waals surface area contributed by atoms with Crippen molar-refractivity contribution >= 4 is 5.91 Å². The Bertz CT molecular complexity index is 763. The zero-order valence-electron chi connectivity index (χ0n) is 14.7. The average molecular weight is 340 g/mol. The van der Waals surface area contributed by atoms with Crippen molar-refractivity contribution in [3.8, 4) is 11.6 Å². The van der Waals surface area contributed by atoms with Gasteiger partial charge in [0.1, 0.15) is 11.6 Å². The molecule has 132 valence electrons. The van der Waals surface area contributed by atoms with Gasteiger partial charge in [0.05, 0.1) is 6.54 Å². The quantitative estimate of drug-likeness (QED) is 0.904. The first kappa shape index (κ1) is 17.4. The molecule has 0 spiro atoms. The topological polar surface area (TPSA) is 81.3 Å². The minimum absolute atomic E-state index is 0.187. The lowest BCUT2D eigenvalue weighted by Gasteiger charge is -2.31. The Hall–Kier alpha value is -2.47. The van der Waals surface area contributed by atoms with Crippen LogP contribution in [0.15, 0.2) is 30.3 Å². The summed E-state index contributed by atoms with van der Waals surface area (Å²) < 4.78 is 5.97. The Morgan fingerprint density at radius 3 is 2.88 bits per heavy atom. The smallest absolute Gasteiger partial charge is 0.231 e. The Balaban J connectivity index is 1.79. The van der Waals surface area contributed by atoms with Gasteiger partial charge in [-0.3, -0.25) is 9.69 Å². The number of amides is 1. The molecule has 1 amide bonds. The third kappa shape index (κ3) is 4.54. The second-order valence-corrected chi connectivity index (χ2v) is 6.61. The van der Waals surface area contributed by atoms with Crippen molar-refractivity contribution in [1.82, 2.24) is 14.9 Å². The van der Waals surface area contributed by atoms with Gasteiger partial charge in [-0.05, 0) is 44.9 Å². The molecule has 0 radical (unpaired) electrons. The predicted molar refractivity (Wildman–Crippen MR) is 95.6 cm³/mol. The number of aromatic nitrogens is 2. The largest absolute Gasteiger partial charge is 0.439 e. The van der Waals surface area contributed by atoms with Gasteiger partial charge in [0.25, 0.3) is 0 Å². The number of para-hydroxylation sites is 1. The molecule has 25 heavy (non-hydrogen) atoms. The molecular formula is C19H24N4O2. The summed E-state index contributed by atoms with van der Waals surface area (Å²) in [5, 5.41) is 0. The third-order valence-electron chi connectivity index (χ3n) is 4.41. The fraction of sp³-hybridized carbons (Fsp3) is 0.421. The maximum absolute atomic E-state index is 11.2. The number of hydrogen-bond acceptors (Lipinski definition) is 5. The number of nitrogens with two attached hydrogens (primary N) is 1. The van der Waals surface area contributed by atoms with Crippen LogP contribution in [0.4, 0.5) is 0 Å². The maximum atomic E-state index is 11.2. The van der Waals surface area contributed by atoms with Gasteiger partial charge < -0.3 is 10.5 Å². The highest BCUT2D eigenvalue weighted by atomic mass is 16.5. The molecule has 6 nitrogen and oxygen atoms in total. The molecule has 1 aliphatic heterocycles. The summed E-state index contributed by atoms with van der Waals surface area (Å²) in [6.45, 7) is 5.87. The lowest BCUT2D eigenvalue weighted by atomic mass is 9.97. The Morgan fingerprint density at radius 1 is 1.32 bits per heavy atom. The minimum atomic E-state index is -0.297. The lowest BCUT2D eigenvalue weighted by molar-refractivity contribution is -0.119. The summed E-state index contributed by atoms with van der Waals surface area (Å²) in [5.74, 6) is 2.02. The monoisotopic (exact) mass is 340 g/mol. The van der Waals surface area contributed by atoms with Crippen molar-refractivity contribution in [2.24, 2.45) is 5.73 Å². The summed E-state index contributed by atoms with van der Waals surface area (Å²) >= 11 is 0. The van der Waals surface area contributed by atoms with Gasteiger partial charge in [-0.25, -0.2) is 4.98 Å². The second-order valence-electron chi connectivity index (χ2n) is 6.61. The molecule has 2 heterocycles. The Morgan fingerprint density at radius 2 is 2.12 bits per heavy atom. The Labute approximate surface area is 148 Å². The minimum Gasteiger partial charge on any atom is -0.439 e. The van der Waals surface area contributed by atoms with E-state index < -0.39 is 0 Å². The average Bonchev–Trinajstić information content (AvgIpc) is 2.56. The number of nitrogens with zero attached hydrogens (tertiary/aromatic N) is 3. The summed E-state index contributed by atoms with van der Waals surface area (Å²) in [6.07, 6.45) is 2.01. The molecule has 6 heteroatoms. The van der Waals surface area contributed by atoms with E-state index in [4.69, 9.17) is 10.5 Å². The summed E-state index contributed by atoms with van der Waals surface area (Å²) in [7, 11) is 0. The molecule has 0 bridgehead atoms. The molecule has 1 fully saturated rings. The molecule has 2 aromatic rings. The van der Waals surface area contributed by atoms with Crippen LogP contribution in [-0.2, 0) is 4.79 Å². The van der Waals surface area contributed by atoms with E-state index in [1.165, 1.54) is 0 Å². The number of piperidine rings is 1. The second kappa shape index (κ2) is 7.61. The Kier molecular flexibility index (Phi) is 5.28. The van der Waals surface area contributed by atoms with Crippen LogP contribution in [0.5, 0.6) is 11.6 Å². The highest BCUT2D eigenvalue weighted by molar-refractivity contribution is 5.75. The van der Waals surface area contributed by atoms with E-state index in [-0.39, 0.29) is 18.4 Å². The summed E-state index contributed by atoms with van der Waals surface area (Å²) in [4.78, 5) is 22.5. The van der Waals surface area contributed by atoms with Crippen LogP contribution in [0.1, 0.15) is 35.8 Å². The number of aryl methyl sites for hydroxylation is 2. The van der Waals surface area contributed by atoms with E-state index in [1.807, 2.05) is 44.2 Å². The maximum Gasteiger partial charge on any atom is 0.231 e. The van der Waals surface area contributed by atoms with Crippen molar-refractivity contribution < 1.29 is 9.53 Å². The van der Waals surface area contributed by atoms with Crippen molar-refractivity contribution in [2.45, 2.75) is 32.6 Å². The van der Waals surface area contributed by atoms with Gasteiger partial charge in [0.15, 0.2) is 0 Å². The number of benzene rings is 1.